The third-order valence-corrected chi connectivity index (χ3v) is 4.91. The standard InChI is InChI=1S/C17H20N2O2/c1-19-8-7-17-6-5-12(18)9-14(17)21-16-13(20-2)4-3-11(10-19)15(16)17/h3-6,9,14H,7-8,10,18H2,1-2H3. The second-order valence-electron chi connectivity index (χ2n) is 6.20. The van der Waals surface area contributed by atoms with Crippen molar-refractivity contribution in [1.82, 2.24) is 4.90 Å². The number of hydrogen-bond donors (Lipinski definition) is 1. The van der Waals surface area contributed by atoms with Gasteiger partial charge in [0.25, 0.3) is 0 Å². The van der Waals surface area contributed by atoms with Crippen molar-refractivity contribution in [1.29, 1.82) is 0 Å². The minimum atomic E-state index is -0.104. The Kier molecular flexibility index (Phi) is 2.60. The first-order valence-corrected chi connectivity index (χ1v) is 7.36. The summed E-state index contributed by atoms with van der Waals surface area (Å²) in [6.45, 7) is 1.98. The number of nitrogens with zero attached hydrogens (tertiary/aromatic N) is 1. The molecule has 0 fully saturated rings. The first-order chi connectivity index (χ1) is 10.1. The lowest BCUT2D eigenvalue weighted by atomic mass is 9.71. The number of nitrogens with two attached hydrogens (primary N) is 1. The second-order valence-corrected chi connectivity index (χ2v) is 6.20. The Balaban J connectivity index is 1.98. The van der Waals surface area contributed by atoms with E-state index in [0.29, 0.717) is 0 Å². The predicted molar refractivity (Wildman–Crippen MR) is 81.4 cm³/mol. The minimum Gasteiger partial charge on any atom is -0.493 e. The van der Waals surface area contributed by atoms with Gasteiger partial charge in [0, 0.05) is 17.8 Å². The molecule has 0 bridgehead atoms. The molecule has 1 aromatic rings. The molecule has 0 saturated heterocycles. The van der Waals surface area contributed by atoms with Gasteiger partial charge >= 0.3 is 0 Å². The first-order valence-electron chi connectivity index (χ1n) is 7.36. The number of hydrogen-bond acceptors (Lipinski definition) is 4. The molecule has 21 heavy (non-hydrogen) atoms. The van der Waals surface area contributed by atoms with Gasteiger partial charge in [-0.3, -0.25) is 0 Å². The molecule has 2 atom stereocenters. The molecule has 0 saturated carbocycles. The van der Waals surface area contributed by atoms with Crippen LogP contribution in [0.2, 0.25) is 0 Å². The summed E-state index contributed by atoms with van der Waals surface area (Å²) in [4.78, 5) is 2.36. The molecule has 0 amide bonds. The Labute approximate surface area is 124 Å². The monoisotopic (exact) mass is 284 g/mol. The molecule has 1 aromatic carbocycles. The van der Waals surface area contributed by atoms with Crippen molar-refractivity contribution < 1.29 is 9.47 Å². The molecule has 4 nitrogen and oxygen atoms in total. The lowest BCUT2D eigenvalue weighted by Gasteiger charge is -2.32. The van der Waals surface area contributed by atoms with Crippen LogP contribution < -0.4 is 15.2 Å². The summed E-state index contributed by atoms with van der Waals surface area (Å²) in [7, 11) is 3.86. The number of methoxy groups -OCH3 is 1. The van der Waals surface area contributed by atoms with Crippen LogP contribution in [0.4, 0.5) is 0 Å². The SMILES string of the molecule is COc1ccc2c3c1OC1C=C(N)C=CC31CCN(C)C2. The Morgan fingerprint density at radius 2 is 2.29 bits per heavy atom. The van der Waals surface area contributed by atoms with Gasteiger partial charge in [0.1, 0.15) is 6.10 Å². The van der Waals surface area contributed by atoms with Crippen LogP contribution in [0.1, 0.15) is 17.5 Å². The molecular formula is C17H20N2O2. The molecule has 0 aromatic heterocycles. The number of rotatable bonds is 1. The zero-order chi connectivity index (χ0) is 14.6. The maximum Gasteiger partial charge on any atom is 0.166 e. The molecule has 2 aliphatic heterocycles. The average Bonchev–Trinajstić information content (AvgIpc) is 2.72. The first kappa shape index (κ1) is 12.8. The molecular weight excluding hydrogens is 264 g/mol. The maximum atomic E-state index is 6.26. The van der Waals surface area contributed by atoms with E-state index in [2.05, 4.69) is 24.1 Å². The highest BCUT2D eigenvalue weighted by Gasteiger charge is 2.50. The van der Waals surface area contributed by atoms with Gasteiger partial charge in [0.15, 0.2) is 11.5 Å². The van der Waals surface area contributed by atoms with Crippen LogP contribution in [0, 0.1) is 0 Å². The van der Waals surface area contributed by atoms with Crippen LogP contribution in [0.5, 0.6) is 11.5 Å². The van der Waals surface area contributed by atoms with Gasteiger partial charge in [-0.1, -0.05) is 12.1 Å². The summed E-state index contributed by atoms with van der Waals surface area (Å²) in [6, 6.07) is 4.18. The summed E-state index contributed by atoms with van der Waals surface area (Å²) in [5.74, 6) is 1.71. The summed E-state index contributed by atoms with van der Waals surface area (Å²) in [5.41, 5.74) is 9.27. The molecule has 2 N–H and O–H groups in total. The largest absolute Gasteiger partial charge is 0.493 e. The van der Waals surface area contributed by atoms with Crippen molar-refractivity contribution in [3.63, 3.8) is 0 Å². The topological polar surface area (TPSA) is 47.7 Å². The molecule has 1 aliphatic carbocycles. The summed E-state index contributed by atoms with van der Waals surface area (Å²) < 4.78 is 11.8. The fraction of sp³-hybridized carbons (Fsp3) is 0.412. The van der Waals surface area contributed by atoms with E-state index < -0.39 is 0 Å². The van der Waals surface area contributed by atoms with E-state index in [9.17, 15) is 0 Å². The van der Waals surface area contributed by atoms with Crippen molar-refractivity contribution in [3.8, 4) is 11.5 Å². The van der Waals surface area contributed by atoms with Crippen molar-refractivity contribution in [2.75, 3.05) is 20.7 Å². The molecule has 4 heteroatoms. The van der Waals surface area contributed by atoms with Gasteiger partial charge in [0.2, 0.25) is 0 Å². The second kappa shape index (κ2) is 4.28. The van der Waals surface area contributed by atoms with Crippen LogP contribution >= 0.6 is 0 Å². The van der Waals surface area contributed by atoms with E-state index in [1.54, 1.807) is 7.11 Å². The van der Waals surface area contributed by atoms with Crippen LogP contribution in [0.3, 0.4) is 0 Å². The fourth-order valence-electron chi connectivity index (χ4n) is 3.83. The highest BCUT2D eigenvalue weighted by atomic mass is 16.5. The smallest absolute Gasteiger partial charge is 0.166 e. The van der Waals surface area contributed by atoms with Crippen LogP contribution in [0.25, 0.3) is 0 Å². The van der Waals surface area contributed by atoms with E-state index in [4.69, 9.17) is 15.2 Å². The zero-order valence-corrected chi connectivity index (χ0v) is 12.4. The van der Waals surface area contributed by atoms with Crippen LogP contribution in [-0.2, 0) is 12.0 Å². The number of benzene rings is 1. The van der Waals surface area contributed by atoms with Crippen molar-refractivity contribution >= 4 is 0 Å². The molecule has 3 aliphatic rings. The highest BCUT2D eigenvalue weighted by molar-refractivity contribution is 5.62. The third-order valence-electron chi connectivity index (χ3n) is 4.91. The molecule has 0 radical (unpaired) electrons. The summed E-state index contributed by atoms with van der Waals surface area (Å²) in [6.07, 6.45) is 7.29. The molecule has 1 spiro atoms. The molecule has 110 valence electrons. The summed E-state index contributed by atoms with van der Waals surface area (Å²) >= 11 is 0. The van der Waals surface area contributed by atoms with Crippen molar-refractivity contribution in [2.45, 2.75) is 24.5 Å². The summed E-state index contributed by atoms with van der Waals surface area (Å²) in [5, 5.41) is 0. The average molecular weight is 284 g/mol. The number of allylic oxidation sites excluding steroid dienone is 1. The molecule has 2 unspecified atom stereocenters. The molecule has 4 rings (SSSR count). The lowest BCUT2D eigenvalue weighted by molar-refractivity contribution is 0.192. The Bertz CT molecular complexity index is 665. The van der Waals surface area contributed by atoms with Crippen molar-refractivity contribution in [3.05, 3.63) is 47.2 Å². The van der Waals surface area contributed by atoms with Crippen LogP contribution in [-0.4, -0.2) is 31.7 Å². The van der Waals surface area contributed by atoms with Gasteiger partial charge < -0.3 is 20.1 Å². The molecule has 2 heterocycles. The van der Waals surface area contributed by atoms with E-state index in [1.165, 1.54) is 11.1 Å². The van der Waals surface area contributed by atoms with Crippen molar-refractivity contribution in [2.24, 2.45) is 5.73 Å². The minimum absolute atomic E-state index is 0.0287. The van der Waals surface area contributed by atoms with E-state index in [1.807, 2.05) is 18.2 Å². The Morgan fingerprint density at radius 3 is 3.10 bits per heavy atom. The highest BCUT2D eigenvalue weighted by Crippen LogP contribution is 2.54. The van der Waals surface area contributed by atoms with Gasteiger partial charge in [-0.05, 0) is 43.8 Å². The quantitative estimate of drug-likeness (QED) is 0.856. The van der Waals surface area contributed by atoms with Gasteiger partial charge in [-0.15, -0.1) is 0 Å². The van der Waals surface area contributed by atoms with E-state index in [-0.39, 0.29) is 11.5 Å². The zero-order valence-electron chi connectivity index (χ0n) is 12.4. The van der Waals surface area contributed by atoms with Gasteiger partial charge in [-0.25, -0.2) is 0 Å². The third kappa shape index (κ3) is 1.65. The van der Waals surface area contributed by atoms with Crippen LogP contribution in [0.15, 0.2) is 36.1 Å². The lowest BCUT2D eigenvalue weighted by Crippen LogP contribution is -2.39. The van der Waals surface area contributed by atoms with Gasteiger partial charge in [-0.2, -0.15) is 0 Å². The van der Waals surface area contributed by atoms with E-state index >= 15 is 0 Å². The fourth-order valence-corrected chi connectivity index (χ4v) is 3.83. The number of ether oxygens (including phenoxy) is 2. The Morgan fingerprint density at radius 1 is 1.43 bits per heavy atom. The van der Waals surface area contributed by atoms with E-state index in [0.717, 1.165) is 36.7 Å². The normalized spacial score (nSPS) is 30.0. The predicted octanol–water partition coefficient (Wildman–Crippen LogP) is 1.94. The Hall–Kier alpha value is -1.94. The van der Waals surface area contributed by atoms with Gasteiger partial charge in [0.05, 0.1) is 12.5 Å². The maximum absolute atomic E-state index is 6.26.